The molecule has 9 heteroatoms. The Hall–Kier alpha value is -3.33. The lowest BCUT2D eigenvalue weighted by Crippen LogP contribution is -2.44. The van der Waals surface area contributed by atoms with Gasteiger partial charge < -0.3 is 15.1 Å². The van der Waals surface area contributed by atoms with E-state index in [1.807, 2.05) is 12.1 Å². The Kier molecular flexibility index (Phi) is 5.69. The van der Waals surface area contributed by atoms with Gasteiger partial charge in [-0.3, -0.25) is 4.79 Å². The number of alkyl halides is 3. The fourth-order valence-electron chi connectivity index (χ4n) is 3.57. The van der Waals surface area contributed by atoms with E-state index in [1.54, 1.807) is 30.3 Å². The van der Waals surface area contributed by atoms with E-state index in [9.17, 15) is 18.0 Å². The number of rotatable bonds is 4. The summed E-state index contributed by atoms with van der Waals surface area (Å²) in [4.78, 5) is 17.2. The van der Waals surface area contributed by atoms with E-state index in [4.69, 9.17) is 0 Å². The highest BCUT2D eigenvalue weighted by Gasteiger charge is 2.40. The Morgan fingerprint density at radius 3 is 2.19 bits per heavy atom. The van der Waals surface area contributed by atoms with Crippen molar-refractivity contribution in [3.05, 3.63) is 72.1 Å². The normalized spacial score (nSPS) is 15.2. The van der Waals surface area contributed by atoms with E-state index < -0.39 is 23.3 Å². The molecule has 0 unspecified atom stereocenters. The van der Waals surface area contributed by atoms with Crippen molar-refractivity contribution < 1.29 is 18.0 Å². The van der Waals surface area contributed by atoms with E-state index in [2.05, 4.69) is 27.3 Å². The average molecular weight is 429 g/mol. The Bertz CT molecular complexity index is 1040. The molecule has 1 saturated heterocycles. The van der Waals surface area contributed by atoms with Gasteiger partial charge in [0, 0.05) is 37.6 Å². The van der Waals surface area contributed by atoms with Crippen LogP contribution in [0.3, 0.4) is 0 Å². The molecule has 1 fully saturated rings. The molecule has 0 aliphatic carbocycles. The second kappa shape index (κ2) is 8.43. The summed E-state index contributed by atoms with van der Waals surface area (Å²) in [7, 11) is 2.07. The molecule has 0 saturated carbocycles. The molecule has 4 rings (SSSR count). The van der Waals surface area contributed by atoms with Gasteiger partial charge in [0.2, 0.25) is 0 Å². The Balaban J connectivity index is 1.54. The van der Waals surface area contributed by atoms with Crippen molar-refractivity contribution in [3.8, 4) is 5.69 Å². The molecule has 1 amide bonds. The van der Waals surface area contributed by atoms with Gasteiger partial charge in [0.25, 0.3) is 5.91 Å². The lowest BCUT2D eigenvalue weighted by atomic mass is 10.2. The van der Waals surface area contributed by atoms with E-state index in [1.165, 1.54) is 12.1 Å². The standard InChI is InChI=1S/C22H22F3N5O/c1-28-11-13-29(14-12-28)17-9-7-16(8-10-17)27-21(31)19-15-26-30(20(19)22(23,24)25)18-5-3-2-4-6-18/h2-10,15H,11-14H2,1H3,(H,27,31). The van der Waals surface area contributed by atoms with Gasteiger partial charge in [-0.2, -0.15) is 18.3 Å². The Labute approximate surface area is 177 Å². The van der Waals surface area contributed by atoms with Crippen molar-refractivity contribution in [2.75, 3.05) is 43.4 Å². The zero-order valence-electron chi connectivity index (χ0n) is 16.9. The third kappa shape index (κ3) is 4.56. The van der Waals surface area contributed by atoms with Crippen LogP contribution in [-0.4, -0.2) is 53.8 Å². The first kappa shape index (κ1) is 20.9. The van der Waals surface area contributed by atoms with Crippen molar-refractivity contribution in [2.24, 2.45) is 0 Å². The van der Waals surface area contributed by atoms with Crippen LogP contribution in [0.4, 0.5) is 24.5 Å². The molecule has 2 aromatic carbocycles. The second-order valence-electron chi connectivity index (χ2n) is 7.44. The average Bonchev–Trinajstić information content (AvgIpc) is 3.22. The van der Waals surface area contributed by atoms with Gasteiger partial charge >= 0.3 is 6.18 Å². The van der Waals surface area contributed by atoms with Crippen LogP contribution in [0.25, 0.3) is 5.69 Å². The van der Waals surface area contributed by atoms with Gasteiger partial charge in [0.1, 0.15) is 0 Å². The van der Waals surface area contributed by atoms with Crippen molar-refractivity contribution in [1.82, 2.24) is 14.7 Å². The zero-order chi connectivity index (χ0) is 22.0. The zero-order valence-corrected chi connectivity index (χ0v) is 16.9. The largest absolute Gasteiger partial charge is 0.434 e. The van der Waals surface area contributed by atoms with Gasteiger partial charge in [0.15, 0.2) is 5.69 Å². The monoisotopic (exact) mass is 429 g/mol. The molecule has 3 aromatic rings. The maximum atomic E-state index is 13.8. The number of carbonyl (C=O) groups excluding carboxylic acids is 1. The summed E-state index contributed by atoms with van der Waals surface area (Å²) >= 11 is 0. The summed E-state index contributed by atoms with van der Waals surface area (Å²) in [6, 6.07) is 15.0. The third-order valence-corrected chi connectivity index (χ3v) is 5.28. The third-order valence-electron chi connectivity index (χ3n) is 5.28. The Morgan fingerprint density at radius 2 is 1.58 bits per heavy atom. The molecule has 1 aliphatic heterocycles. The van der Waals surface area contributed by atoms with Crippen LogP contribution in [0.1, 0.15) is 16.1 Å². The van der Waals surface area contributed by atoms with E-state index >= 15 is 0 Å². The number of para-hydroxylation sites is 1. The first-order valence-corrected chi connectivity index (χ1v) is 9.88. The number of nitrogens with zero attached hydrogens (tertiary/aromatic N) is 4. The van der Waals surface area contributed by atoms with E-state index in [0.717, 1.165) is 42.7 Å². The number of amides is 1. The molecule has 1 aliphatic rings. The lowest BCUT2D eigenvalue weighted by molar-refractivity contribution is -0.143. The molecule has 1 aromatic heterocycles. The van der Waals surface area contributed by atoms with Gasteiger partial charge in [0.05, 0.1) is 17.4 Å². The van der Waals surface area contributed by atoms with Gasteiger partial charge in [-0.25, -0.2) is 4.68 Å². The van der Waals surface area contributed by atoms with Gasteiger partial charge in [-0.1, -0.05) is 18.2 Å². The SMILES string of the molecule is CN1CCN(c2ccc(NC(=O)c3cnn(-c4ccccc4)c3C(F)(F)F)cc2)CC1. The minimum atomic E-state index is -4.75. The van der Waals surface area contributed by atoms with Crippen LogP contribution < -0.4 is 10.2 Å². The highest BCUT2D eigenvalue weighted by atomic mass is 19.4. The molecule has 6 nitrogen and oxygen atoms in total. The predicted octanol–water partition coefficient (Wildman–Crippen LogP) is 3.90. The predicted molar refractivity (Wildman–Crippen MR) is 113 cm³/mol. The molecular formula is C22H22F3N5O. The minimum absolute atomic E-state index is 0.227. The lowest BCUT2D eigenvalue weighted by Gasteiger charge is -2.34. The van der Waals surface area contributed by atoms with Crippen LogP contribution in [-0.2, 0) is 6.18 Å². The number of anilines is 2. The number of carbonyl (C=O) groups is 1. The molecule has 0 radical (unpaired) electrons. The van der Waals surface area contributed by atoms with Crippen molar-refractivity contribution >= 4 is 17.3 Å². The quantitative estimate of drug-likeness (QED) is 0.684. The molecule has 31 heavy (non-hydrogen) atoms. The van der Waals surface area contributed by atoms with Crippen molar-refractivity contribution in [1.29, 1.82) is 0 Å². The number of piperazine rings is 1. The van der Waals surface area contributed by atoms with Crippen LogP contribution >= 0.6 is 0 Å². The van der Waals surface area contributed by atoms with Crippen molar-refractivity contribution in [2.45, 2.75) is 6.18 Å². The summed E-state index contributed by atoms with van der Waals surface area (Å²) in [6.07, 6.45) is -3.80. The number of benzene rings is 2. The van der Waals surface area contributed by atoms with Crippen LogP contribution in [0.2, 0.25) is 0 Å². The smallest absolute Gasteiger partial charge is 0.369 e. The minimum Gasteiger partial charge on any atom is -0.369 e. The number of nitrogens with one attached hydrogen (secondary N) is 1. The summed E-state index contributed by atoms with van der Waals surface area (Å²) in [6.45, 7) is 3.72. The first-order chi connectivity index (χ1) is 14.8. The molecule has 0 bridgehead atoms. The number of hydrogen-bond donors (Lipinski definition) is 1. The fourth-order valence-corrected chi connectivity index (χ4v) is 3.57. The summed E-state index contributed by atoms with van der Waals surface area (Å²) in [5.74, 6) is -0.859. The second-order valence-corrected chi connectivity index (χ2v) is 7.44. The topological polar surface area (TPSA) is 53.4 Å². The summed E-state index contributed by atoms with van der Waals surface area (Å²) in [5, 5.41) is 6.38. The number of hydrogen-bond acceptors (Lipinski definition) is 4. The maximum absolute atomic E-state index is 13.8. The highest BCUT2D eigenvalue weighted by molar-refractivity contribution is 6.05. The molecule has 162 valence electrons. The van der Waals surface area contributed by atoms with Gasteiger partial charge in [-0.15, -0.1) is 0 Å². The number of halogens is 3. The van der Waals surface area contributed by atoms with E-state index in [0.29, 0.717) is 5.69 Å². The fraction of sp³-hybridized carbons (Fsp3) is 0.273. The molecule has 0 atom stereocenters. The Morgan fingerprint density at radius 1 is 0.935 bits per heavy atom. The maximum Gasteiger partial charge on any atom is 0.434 e. The van der Waals surface area contributed by atoms with E-state index in [-0.39, 0.29) is 5.69 Å². The summed E-state index contributed by atoms with van der Waals surface area (Å²) < 4.78 is 42.0. The summed E-state index contributed by atoms with van der Waals surface area (Å²) in [5.41, 5.74) is 0.0256. The molecular weight excluding hydrogens is 407 g/mol. The van der Waals surface area contributed by atoms with Crippen LogP contribution in [0.5, 0.6) is 0 Å². The van der Waals surface area contributed by atoms with Gasteiger partial charge in [-0.05, 0) is 43.4 Å². The number of likely N-dealkylation sites (N-methyl/N-ethyl adjacent to an activating group) is 1. The molecule has 1 N–H and O–H groups in total. The van der Waals surface area contributed by atoms with Crippen LogP contribution in [0.15, 0.2) is 60.8 Å². The molecule has 2 heterocycles. The van der Waals surface area contributed by atoms with Crippen LogP contribution in [0, 0.1) is 0 Å². The first-order valence-electron chi connectivity index (χ1n) is 9.88. The highest BCUT2D eigenvalue weighted by Crippen LogP contribution is 2.34. The molecule has 0 spiro atoms. The number of aromatic nitrogens is 2. The van der Waals surface area contributed by atoms with Crippen molar-refractivity contribution in [3.63, 3.8) is 0 Å².